The molecule has 5 aromatic rings. The fourth-order valence-corrected chi connectivity index (χ4v) is 13.8. The number of phenolic OH excluding ortho intramolecular Hbond substituents is 1. The Morgan fingerprint density at radius 1 is 0.909 bits per heavy atom. The summed E-state index contributed by atoms with van der Waals surface area (Å²) in [7, 11) is 0. The third-order valence-electron chi connectivity index (χ3n) is 17.6. The number of hydrogen-bond acceptors (Lipinski definition) is 17. The first-order valence-corrected chi connectivity index (χ1v) is 29.1. The van der Waals surface area contributed by atoms with Crippen LogP contribution in [0.2, 0.25) is 0 Å². The van der Waals surface area contributed by atoms with Gasteiger partial charge in [0.2, 0.25) is 11.8 Å². The summed E-state index contributed by atoms with van der Waals surface area (Å²) in [5.41, 5.74) is 13.2. The maximum absolute atomic E-state index is 14.4. The highest BCUT2D eigenvalue weighted by molar-refractivity contribution is 7.13. The predicted octanol–water partition coefficient (Wildman–Crippen LogP) is 7.03. The number of hydrogen-bond donors (Lipinski definition) is 4. The number of benzene rings is 2. The van der Waals surface area contributed by atoms with Crippen LogP contribution in [0.15, 0.2) is 70.7 Å². The molecule has 2 amide bonds. The molecule has 77 heavy (non-hydrogen) atoms. The van der Waals surface area contributed by atoms with E-state index in [4.69, 9.17) is 19.7 Å². The van der Waals surface area contributed by atoms with Crippen molar-refractivity contribution in [1.82, 2.24) is 40.4 Å². The Hall–Kier alpha value is -5.70. The third kappa shape index (κ3) is 11.7. The minimum atomic E-state index is -0.798. The Morgan fingerprint density at radius 2 is 1.66 bits per heavy atom. The molecule has 412 valence electrons. The number of nitrogens with zero attached hydrogens (tertiary/aromatic N) is 9. The summed E-state index contributed by atoms with van der Waals surface area (Å²) in [5, 5.41) is 37.4. The zero-order valence-electron chi connectivity index (χ0n) is 45.1. The number of ether oxygens (including phenoxy) is 2. The quantitative estimate of drug-likeness (QED) is 0.0829. The van der Waals surface area contributed by atoms with E-state index in [1.54, 1.807) is 28.4 Å². The molecule has 5 N–H and O–H groups in total. The second-order valence-electron chi connectivity index (χ2n) is 23.1. The van der Waals surface area contributed by atoms with Gasteiger partial charge in [-0.3, -0.25) is 14.5 Å². The number of thiazole rings is 1. The number of morpholine rings is 1. The van der Waals surface area contributed by atoms with Crippen LogP contribution in [0.3, 0.4) is 0 Å². The highest BCUT2D eigenvalue weighted by Crippen LogP contribution is 2.40. The van der Waals surface area contributed by atoms with Crippen molar-refractivity contribution in [3.8, 4) is 27.4 Å². The van der Waals surface area contributed by atoms with E-state index >= 15 is 0 Å². The largest absolute Gasteiger partial charge is 0.507 e. The lowest BCUT2D eigenvalue weighted by molar-refractivity contribution is -0.159. The molecule has 5 saturated heterocycles. The highest BCUT2D eigenvalue weighted by atomic mass is 32.1. The Bertz CT molecular complexity index is 2820. The van der Waals surface area contributed by atoms with Gasteiger partial charge in [-0.25, -0.2) is 4.98 Å². The van der Waals surface area contributed by atoms with Crippen LogP contribution in [-0.2, 0) is 19.1 Å². The number of aromatic hydroxyl groups is 1. The number of amides is 2. The van der Waals surface area contributed by atoms with E-state index in [1.807, 2.05) is 81.7 Å². The SMILES string of the molecule is Cc1ncsc1-c1ccc([C@H](C)NC(=O)[C@@H]2C[C@@H](O)CN2C(=O)[C@@H](c2cc(N3CCC(CN4CCC(O[C@H]5C[C@H](N6CCOC7(CCN(c8cc(-c9ccccc9O)nnc8N)CC7)C6)C5)CC4)CC3)no2)C(C)C)cc1. The van der Waals surface area contributed by atoms with Crippen molar-refractivity contribution in [3.63, 3.8) is 0 Å². The van der Waals surface area contributed by atoms with E-state index in [2.05, 4.69) is 45.3 Å². The number of para-hydroxylation sites is 1. The number of nitrogen functional groups attached to an aromatic ring is 1. The molecule has 19 heteroatoms. The van der Waals surface area contributed by atoms with Crippen molar-refractivity contribution in [2.24, 2.45) is 11.8 Å². The van der Waals surface area contributed by atoms with Crippen LogP contribution in [0.25, 0.3) is 21.7 Å². The van der Waals surface area contributed by atoms with Gasteiger partial charge in [-0.1, -0.05) is 55.4 Å². The number of phenols is 1. The summed E-state index contributed by atoms with van der Waals surface area (Å²) in [6, 6.07) is 18.6. The number of piperidine rings is 3. The first kappa shape index (κ1) is 53.3. The second kappa shape index (κ2) is 22.9. The molecule has 8 heterocycles. The molecular weight excluding hydrogens is 995 g/mol. The Balaban J connectivity index is 0.596. The molecule has 2 aromatic carbocycles. The number of aryl methyl sites for hydroxylation is 1. The molecule has 3 aromatic heterocycles. The minimum absolute atomic E-state index is 0.0894. The van der Waals surface area contributed by atoms with Crippen molar-refractivity contribution in [2.75, 3.05) is 87.6 Å². The number of nitrogens with one attached hydrogen (secondary N) is 1. The van der Waals surface area contributed by atoms with Gasteiger partial charge in [-0.2, -0.15) is 0 Å². The monoisotopic (exact) mass is 1070 g/mol. The number of likely N-dealkylation sites (tertiary alicyclic amines) is 2. The Kier molecular flexibility index (Phi) is 15.9. The molecule has 6 fully saturated rings. The molecule has 4 atom stereocenters. The maximum atomic E-state index is 14.4. The van der Waals surface area contributed by atoms with Crippen LogP contribution in [0.5, 0.6) is 5.75 Å². The third-order valence-corrected chi connectivity index (χ3v) is 18.6. The van der Waals surface area contributed by atoms with Gasteiger partial charge in [0.05, 0.1) is 64.0 Å². The average Bonchev–Trinajstić information content (AvgIpc) is 4.21. The molecule has 0 radical (unpaired) electrons. The fourth-order valence-electron chi connectivity index (χ4n) is 13.0. The summed E-state index contributed by atoms with van der Waals surface area (Å²) in [5.74, 6) is 1.13. The first-order valence-electron chi connectivity index (χ1n) is 28.2. The van der Waals surface area contributed by atoms with Crippen molar-refractivity contribution in [1.29, 1.82) is 0 Å². The maximum Gasteiger partial charge on any atom is 0.243 e. The zero-order valence-corrected chi connectivity index (χ0v) is 46.0. The molecule has 1 aliphatic carbocycles. The van der Waals surface area contributed by atoms with Gasteiger partial charge in [-0.15, -0.1) is 21.5 Å². The molecule has 1 spiro atoms. The topological polar surface area (TPSA) is 212 Å². The number of carbonyl (C=O) groups is 2. The Labute approximate surface area is 456 Å². The molecule has 6 aliphatic rings. The van der Waals surface area contributed by atoms with Crippen molar-refractivity contribution in [2.45, 2.75) is 133 Å². The number of β-amino-alcohol motifs (C(OH)–C–C–N with tert-alkyl or cyclic N) is 1. The van der Waals surface area contributed by atoms with E-state index in [1.165, 1.54) is 0 Å². The molecule has 5 aliphatic heterocycles. The molecule has 18 nitrogen and oxygen atoms in total. The van der Waals surface area contributed by atoms with E-state index in [9.17, 15) is 19.8 Å². The second-order valence-corrected chi connectivity index (χ2v) is 24.0. The summed E-state index contributed by atoms with van der Waals surface area (Å²) in [6.07, 6.45) is 8.30. The first-order chi connectivity index (χ1) is 37.3. The number of anilines is 3. The lowest BCUT2D eigenvalue weighted by Gasteiger charge is -2.52. The molecule has 0 bridgehead atoms. The van der Waals surface area contributed by atoms with E-state index in [0.29, 0.717) is 47.0 Å². The summed E-state index contributed by atoms with van der Waals surface area (Å²) in [6.45, 7) is 17.3. The predicted molar refractivity (Wildman–Crippen MR) is 297 cm³/mol. The smallest absolute Gasteiger partial charge is 0.243 e. The van der Waals surface area contributed by atoms with Crippen molar-refractivity contribution >= 4 is 40.5 Å². The molecule has 1 saturated carbocycles. The molecular formula is C58H77N11O7S. The number of aliphatic hydroxyl groups is 1. The van der Waals surface area contributed by atoms with Crippen LogP contribution in [0, 0.1) is 18.8 Å². The van der Waals surface area contributed by atoms with Gasteiger partial charge in [0.1, 0.15) is 17.7 Å². The molecule has 11 rings (SSSR count). The van der Waals surface area contributed by atoms with Crippen molar-refractivity contribution in [3.05, 3.63) is 83.2 Å². The number of carbonyl (C=O) groups excluding carboxylic acids is 2. The average molecular weight is 1070 g/mol. The van der Waals surface area contributed by atoms with Crippen LogP contribution < -0.4 is 20.9 Å². The van der Waals surface area contributed by atoms with E-state index in [-0.39, 0.29) is 48.1 Å². The Morgan fingerprint density at radius 3 is 2.38 bits per heavy atom. The van der Waals surface area contributed by atoms with Gasteiger partial charge in [0.15, 0.2) is 17.4 Å². The van der Waals surface area contributed by atoms with Gasteiger partial charge >= 0.3 is 0 Å². The van der Waals surface area contributed by atoms with Crippen molar-refractivity contribution < 1.29 is 33.8 Å². The van der Waals surface area contributed by atoms with Gasteiger partial charge in [-0.05, 0) is 106 Å². The number of aliphatic hydroxyl groups excluding tert-OH is 1. The van der Waals surface area contributed by atoms with E-state index < -0.39 is 18.1 Å². The standard InChI is InChI=1S/C58H77N11O7S/c1-36(2)53(57(73)69-33-43(70)29-49(69)56(72)61-37(3)40-9-11-41(12-10-40)54-38(4)60-35-77-54)51-31-52(64-76-51)67-21-13-39(14-22-67)32-65-19-15-44(16-20-65)75-45-27-42(28-45)68-25-26-74-58(34-68)17-23-66(24-18-58)48-30-47(62-63-55(48)59)46-7-5-6-8-50(46)71/h5-12,30-31,35-37,39,42-45,49,53,70-71H,13-29,32-34H2,1-4H3,(H2,59,63)(H,61,72)/t37-,42-,43+,45-,49-,53+/m0/s1. The van der Waals surface area contributed by atoms with Crippen LogP contribution in [-0.4, -0.2) is 165 Å². The van der Waals surface area contributed by atoms with Gasteiger partial charge < -0.3 is 54.9 Å². The summed E-state index contributed by atoms with van der Waals surface area (Å²) >= 11 is 1.60. The highest BCUT2D eigenvalue weighted by Gasteiger charge is 2.46. The number of nitrogens with two attached hydrogens (primary N) is 1. The van der Waals surface area contributed by atoms with Gasteiger partial charge in [0.25, 0.3) is 0 Å². The summed E-state index contributed by atoms with van der Waals surface area (Å²) in [4.78, 5) is 45.1. The van der Waals surface area contributed by atoms with Crippen LogP contribution in [0.4, 0.5) is 17.3 Å². The van der Waals surface area contributed by atoms with Crippen LogP contribution >= 0.6 is 11.3 Å². The lowest BCUT2D eigenvalue weighted by atomic mass is 9.83. The fraction of sp³-hybridized carbons (Fsp3) is 0.586. The molecule has 0 unspecified atom stereocenters. The number of rotatable bonds is 15. The summed E-state index contributed by atoms with van der Waals surface area (Å²) < 4.78 is 19.3. The van der Waals surface area contributed by atoms with Gasteiger partial charge in [0, 0.05) is 89.5 Å². The lowest BCUT2D eigenvalue weighted by Crippen LogP contribution is -2.61. The number of aromatic nitrogens is 4. The van der Waals surface area contributed by atoms with E-state index in [0.717, 1.165) is 150 Å². The van der Waals surface area contributed by atoms with Crippen LogP contribution in [0.1, 0.15) is 108 Å². The normalized spacial score (nSPS) is 24.6. The minimum Gasteiger partial charge on any atom is -0.507 e. The zero-order chi connectivity index (χ0) is 53.4.